The number of hydrogen-bond acceptors (Lipinski definition) is 2. The van der Waals surface area contributed by atoms with Gasteiger partial charge in [-0.25, -0.2) is 0 Å². The van der Waals surface area contributed by atoms with Crippen LogP contribution in [0.2, 0.25) is 0 Å². The van der Waals surface area contributed by atoms with Gasteiger partial charge in [0.25, 0.3) is 0 Å². The molecule has 4 heteroatoms. The van der Waals surface area contributed by atoms with E-state index in [1.165, 1.54) is 0 Å². The molecule has 94 valence electrons. The molecule has 0 saturated carbocycles. The van der Waals surface area contributed by atoms with Crippen molar-refractivity contribution in [2.75, 3.05) is 0 Å². The highest BCUT2D eigenvalue weighted by Crippen LogP contribution is 2.27. The standard InChI is InChI=1S/C15H12ClN3/c16-10-15-18-17-11-19(15)14-9-5-4-8-13(14)12-6-2-1-3-7-12/h1-9,11H,10H2. The Hall–Kier alpha value is -2.13. The van der Waals surface area contributed by atoms with Crippen LogP contribution in [-0.4, -0.2) is 14.8 Å². The fourth-order valence-corrected chi connectivity index (χ4v) is 2.28. The van der Waals surface area contributed by atoms with E-state index in [0.29, 0.717) is 5.88 Å². The predicted octanol–water partition coefficient (Wildman–Crippen LogP) is 3.67. The molecule has 1 aromatic heterocycles. The normalized spacial score (nSPS) is 10.6. The monoisotopic (exact) mass is 269 g/mol. The molecule has 3 rings (SSSR count). The van der Waals surface area contributed by atoms with Gasteiger partial charge in [-0.3, -0.25) is 4.57 Å². The van der Waals surface area contributed by atoms with Crippen molar-refractivity contribution in [2.45, 2.75) is 5.88 Å². The molecule has 0 fully saturated rings. The maximum Gasteiger partial charge on any atom is 0.152 e. The third-order valence-electron chi connectivity index (χ3n) is 2.99. The summed E-state index contributed by atoms with van der Waals surface area (Å²) in [4.78, 5) is 0. The van der Waals surface area contributed by atoms with Crippen LogP contribution in [0.1, 0.15) is 5.82 Å². The lowest BCUT2D eigenvalue weighted by Crippen LogP contribution is -2.00. The van der Waals surface area contributed by atoms with Crippen LogP contribution in [0.5, 0.6) is 0 Å². The van der Waals surface area contributed by atoms with Crippen molar-refractivity contribution in [1.82, 2.24) is 14.8 Å². The molecule has 2 aromatic carbocycles. The topological polar surface area (TPSA) is 30.7 Å². The summed E-state index contributed by atoms with van der Waals surface area (Å²) in [5.74, 6) is 1.08. The molecule has 0 unspecified atom stereocenters. The Labute approximate surface area is 116 Å². The summed E-state index contributed by atoms with van der Waals surface area (Å²) in [7, 11) is 0. The molecule has 0 bridgehead atoms. The van der Waals surface area contributed by atoms with Gasteiger partial charge >= 0.3 is 0 Å². The fraction of sp³-hybridized carbons (Fsp3) is 0.0667. The second-order valence-corrected chi connectivity index (χ2v) is 4.40. The third-order valence-corrected chi connectivity index (χ3v) is 3.23. The van der Waals surface area contributed by atoms with Crippen LogP contribution < -0.4 is 0 Å². The average molecular weight is 270 g/mol. The Balaban J connectivity index is 2.18. The summed E-state index contributed by atoms with van der Waals surface area (Å²) in [6, 6.07) is 18.4. The summed E-state index contributed by atoms with van der Waals surface area (Å²) in [5.41, 5.74) is 3.33. The van der Waals surface area contributed by atoms with Crippen molar-refractivity contribution in [3.63, 3.8) is 0 Å². The van der Waals surface area contributed by atoms with Crippen LogP contribution in [0.4, 0.5) is 0 Å². The lowest BCUT2D eigenvalue weighted by atomic mass is 10.0. The molecule has 0 spiro atoms. The maximum atomic E-state index is 5.90. The van der Waals surface area contributed by atoms with Gasteiger partial charge in [-0.15, -0.1) is 21.8 Å². The number of hydrogen-bond donors (Lipinski definition) is 0. The number of para-hydroxylation sites is 1. The van der Waals surface area contributed by atoms with Crippen LogP contribution >= 0.6 is 11.6 Å². The smallest absolute Gasteiger partial charge is 0.152 e. The minimum Gasteiger partial charge on any atom is -0.284 e. The number of rotatable bonds is 3. The lowest BCUT2D eigenvalue weighted by Gasteiger charge is -2.11. The summed E-state index contributed by atoms with van der Waals surface area (Å²) in [6.07, 6.45) is 1.69. The van der Waals surface area contributed by atoms with Gasteiger partial charge in [-0.2, -0.15) is 0 Å². The zero-order valence-electron chi connectivity index (χ0n) is 10.2. The molecule has 3 aromatic rings. The lowest BCUT2D eigenvalue weighted by molar-refractivity contribution is 0.952. The molecule has 0 amide bonds. The van der Waals surface area contributed by atoms with E-state index in [1.54, 1.807) is 6.33 Å². The number of aromatic nitrogens is 3. The first-order chi connectivity index (χ1) is 9.40. The molecule has 0 radical (unpaired) electrons. The van der Waals surface area contributed by atoms with E-state index in [-0.39, 0.29) is 0 Å². The molecule has 0 aliphatic heterocycles. The molecular weight excluding hydrogens is 258 g/mol. The molecule has 3 nitrogen and oxygen atoms in total. The van der Waals surface area contributed by atoms with Crippen molar-refractivity contribution in [1.29, 1.82) is 0 Å². The highest BCUT2D eigenvalue weighted by molar-refractivity contribution is 6.16. The van der Waals surface area contributed by atoms with Crippen molar-refractivity contribution in [3.05, 3.63) is 66.7 Å². The quantitative estimate of drug-likeness (QED) is 0.679. The van der Waals surface area contributed by atoms with E-state index in [0.717, 1.165) is 22.6 Å². The molecule has 0 N–H and O–H groups in total. The Morgan fingerprint density at radius 1 is 0.947 bits per heavy atom. The minimum atomic E-state index is 0.336. The van der Waals surface area contributed by atoms with Gasteiger partial charge in [0.05, 0.1) is 11.6 Å². The predicted molar refractivity (Wildman–Crippen MR) is 76.4 cm³/mol. The molecular formula is C15H12ClN3. The second kappa shape index (κ2) is 5.24. The van der Waals surface area contributed by atoms with E-state index in [9.17, 15) is 0 Å². The first-order valence-corrected chi connectivity index (χ1v) is 6.53. The number of alkyl halides is 1. The molecule has 19 heavy (non-hydrogen) atoms. The Bertz CT molecular complexity index is 677. The first-order valence-electron chi connectivity index (χ1n) is 6.00. The van der Waals surface area contributed by atoms with Gasteiger partial charge < -0.3 is 0 Å². The number of benzene rings is 2. The van der Waals surface area contributed by atoms with E-state index in [1.807, 2.05) is 41.0 Å². The molecule has 0 atom stereocenters. The van der Waals surface area contributed by atoms with Gasteiger partial charge in [-0.05, 0) is 11.6 Å². The van der Waals surface area contributed by atoms with Crippen molar-refractivity contribution < 1.29 is 0 Å². The second-order valence-electron chi connectivity index (χ2n) is 4.13. The largest absolute Gasteiger partial charge is 0.284 e. The van der Waals surface area contributed by atoms with E-state index in [4.69, 9.17) is 11.6 Å². The van der Waals surface area contributed by atoms with Gasteiger partial charge in [-0.1, -0.05) is 48.5 Å². The zero-order valence-corrected chi connectivity index (χ0v) is 11.0. The summed E-state index contributed by atoms with van der Waals surface area (Å²) in [5, 5.41) is 7.96. The van der Waals surface area contributed by atoms with Gasteiger partial charge in [0.2, 0.25) is 0 Å². The van der Waals surface area contributed by atoms with Crippen molar-refractivity contribution >= 4 is 11.6 Å². The third kappa shape index (κ3) is 2.25. The van der Waals surface area contributed by atoms with Gasteiger partial charge in [0.1, 0.15) is 6.33 Å². The maximum absolute atomic E-state index is 5.90. The Morgan fingerprint density at radius 3 is 2.47 bits per heavy atom. The van der Waals surface area contributed by atoms with Gasteiger partial charge in [0.15, 0.2) is 5.82 Å². The summed E-state index contributed by atoms with van der Waals surface area (Å²) in [6.45, 7) is 0. The summed E-state index contributed by atoms with van der Waals surface area (Å²) >= 11 is 5.90. The van der Waals surface area contributed by atoms with Crippen molar-refractivity contribution in [3.8, 4) is 16.8 Å². The molecule has 0 aliphatic carbocycles. The van der Waals surface area contributed by atoms with Crippen LogP contribution in [0, 0.1) is 0 Å². The van der Waals surface area contributed by atoms with E-state index < -0.39 is 0 Å². The Kier molecular flexibility index (Phi) is 3.29. The highest BCUT2D eigenvalue weighted by atomic mass is 35.5. The van der Waals surface area contributed by atoms with Crippen LogP contribution in [-0.2, 0) is 5.88 Å². The first kappa shape index (κ1) is 11.9. The SMILES string of the molecule is ClCc1nncn1-c1ccccc1-c1ccccc1. The summed E-state index contributed by atoms with van der Waals surface area (Å²) < 4.78 is 1.93. The zero-order chi connectivity index (χ0) is 13.1. The molecule has 1 heterocycles. The average Bonchev–Trinajstić information content (AvgIpc) is 2.96. The highest BCUT2D eigenvalue weighted by Gasteiger charge is 2.10. The number of nitrogens with zero attached hydrogens (tertiary/aromatic N) is 3. The minimum absolute atomic E-state index is 0.336. The van der Waals surface area contributed by atoms with Crippen LogP contribution in [0.3, 0.4) is 0 Å². The molecule has 0 saturated heterocycles. The Morgan fingerprint density at radius 2 is 1.68 bits per heavy atom. The van der Waals surface area contributed by atoms with E-state index in [2.05, 4.69) is 28.4 Å². The fourth-order valence-electron chi connectivity index (χ4n) is 2.10. The van der Waals surface area contributed by atoms with E-state index >= 15 is 0 Å². The van der Waals surface area contributed by atoms with Crippen LogP contribution in [0.25, 0.3) is 16.8 Å². The van der Waals surface area contributed by atoms with Crippen molar-refractivity contribution in [2.24, 2.45) is 0 Å². The number of halogens is 1. The molecule has 0 aliphatic rings. The van der Waals surface area contributed by atoms with Gasteiger partial charge in [0, 0.05) is 5.56 Å². The van der Waals surface area contributed by atoms with Crippen LogP contribution in [0.15, 0.2) is 60.9 Å².